The molecule has 0 saturated carbocycles. The van der Waals surface area contributed by atoms with Crippen molar-refractivity contribution in [2.45, 2.75) is 30.2 Å². The highest BCUT2D eigenvalue weighted by Crippen LogP contribution is 2.45. The van der Waals surface area contributed by atoms with Gasteiger partial charge in [-0.05, 0) is 62.3 Å². The van der Waals surface area contributed by atoms with Crippen molar-refractivity contribution >= 4 is 27.7 Å². The summed E-state index contributed by atoms with van der Waals surface area (Å²) in [4.78, 5) is 17.9. The fraction of sp³-hybridized carbons (Fsp3) is 0.423. The van der Waals surface area contributed by atoms with E-state index in [9.17, 15) is 13.2 Å². The van der Waals surface area contributed by atoms with Crippen LogP contribution in [0.1, 0.15) is 29.0 Å². The molecule has 3 aliphatic rings. The average molecular weight is 482 g/mol. The Morgan fingerprint density at radius 2 is 1.79 bits per heavy atom. The summed E-state index contributed by atoms with van der Waals surface area (Å²) >= 11 is 0. The molecule has 0 unspecified atom stereocenters. The fourth-order valence-electron chi connectivity index (χ4n) is 5.30. The van der Waals surface area contributed by atoms with Crippen LogP contribution in [0, 0.1) is 6.92 Å². The van der Waals surface area contributed by atoms with E-state index in [0.717, 1.165) is 30.8 Å². The number of carbonyl (C=O) groups is 1. The summed E-state index contributed by atoms with van der Waals surface area (Å²) in [5.41, 5.74) is 4.27. The van der Waals surface area contributed by atoms with Crippen LogP contribution in [-0.4, -0.2) is 76.0 Å². The quantitative estimate of drug-likeness (QED) is 0.628. The van der Waals surface area contributed by atoms with E-state index in [1.54, 1.807) is 36.4 Å². The van der Waals surface area contributed by atoms with Gasteiger partial charge in [0, 0.05) is 43.4 Å². The molecule has 0 radical (unpaired) electrons. The van der Waals surface area contributed by atoms with Gasteiger partial charge in [-0.1, -0.05) is 29.8 Å². The van der Waals surface area contributed by atoms with Crippen LogP contribution in [0.15, 0.2) is 53.4 Å². The second kappa shape index (κ2) is 9.26. The van der Waals surface area contributed by atoms with E-state index in [0.29, 0.717) is 32.2 Å². The van der Waals surface area contributed by atoms with Crippen LogP contribution in [0.5, 0.6) is 0 Å². The summed E-state index contributed by atoms with van der Waals surface area (Å²) in [7, 11) is -1.39. The number of anilines is 1. The van der Waals surface area contributed by atoms with Gasteiger partial charge in [-0.15, -0.1) is 0 Å². The fourth-order valence-corrected chi connectivity index (χ4v) is 6.71. The predicted molar refractivity (Wildman–Crippen MR) is 132 cm³/mol. The highest BCUT2D eigenvalue weighted by molar-refractivity contribution is 7.89. The number of morpholine rings is 1. The zero-order valence-corrected chi connectivity index (χ0v) is 20.5. The molecule has 8 heteroatoms. The van der Waals surface area contributed by atoms with Crippen LogP contribution in [0.4, 0.5) is 5.69 Å². The molecule has 3 aliphatic heterocycles. The summed E-state index contributed by atoms with van der Waals surface area (Å²) in [6.07, 6.45) is 4.32. The maximum absolute atomic E-state index is 13.3. The second-order valence-electron chi connectivity index (χ2n) is 9.41. The minimum Gasteiger partial charge on any atom is -0.379 e. The number of ether oxygens (including phenoxy) is 1. The van der Waals surface area contributed by atoms with Gasteiger partial charge in [-0.3, -0.25) is 4.79 Å². The van der Waals surface area contributed by atoms with Crippen LogP contribution in [0.25, 0.3) is 6.08 Å². The molecule has 0 bridgehead atoms. The van der Waals surface area contributed by atoms with Crippen molar-refractivity contribution in [2.75, 3.05) is 51.3 Å². The van der Waals surface area contributed by atoms with Gasteiger partial charge in [0.05, 0.1) is 18.1 Å². The molecule has 0 spiro atoms. The van der Waals surface area contributed by atoms with Gasteiger partial charge in [0.1, 0.15) is 0 Å². The third kappa shape index (κ3) is 4.31. The first kappa shape index (κ1) is 23.2. The van der Waals surface area contributed by atoms with Gasteiger partial charge in [-0.25, -0.2) is 8.42 Å². The number of hydrogen-bond acceptors (Lipinski definition) is 5. The summed E-state index contributed by atoms with van der Waals surface area (Å²) in [6, 6.07) is 13.2. The lowest BCUT2D eigenvalue weighted by molar-refractivity contribution is -0.114. The van der Waals surface area contributed by atoms with E-state index in [-0.39, 0.29) is 16.8 Å². The van der Waals surface area contributed by atoms with Crippen molar-refractivity contribution in [1.82, 2.24) is 9.21 Å². The van der Waals surface area contributed by atoms with Gasteiger partial charge < -0.3 is 14.5 Å². The number of fused-ring (bicyclic) bond motifs is 3. The third-order valence-electron chi connectivity index (χ3n) is 7.10. The smallest absolute Gasteiger partial charge is 0.251 e. The number of likely N-dealkylation sites (tertiary alicyclic amines) is 1. The number of amides is 1. The molecule has 2 aromatic carbocycles. The van der Waals surface area contributed by atoms with Crippen LogP contribution < -0.4 is 4.90 Å². The molecule has 2 fully saturated rings. The molecule has 0 N–H and O–H groups in total. The van der Waals surface area contributed by atoms with E-state index < -0.39 is 10.0 Å². The zero-order chi connectivity index (χ0) is 23.9. The standard InChI is InChI=1S/C26H31N3O4S/c1-19-3-9-24-22(17-19)23-18-27(2)12-11-25(23)29(24)26(30)10-6-20-4-7-21(8-5-20)34(31,32)28-13-15-33-16-14-28/h3-10,17,23,25H,11-16,18H2,1-2H3/b10-6+/t23-,25-/m1/s1. The van der Waals surface area contributed by atoms with Crippen molar-refractivity contribution in [1.29, 1.82) is 0 Å². The number of hydrogen-bond donors (Lipinski definition) is 0. The predicted octanol–water partition coefficient (Wildman–Crippen LogP) is 2.86. The molecule has 0 aliphatic carbocycles. The van der Waals surface area contributed by atoms with Gasteiger partial charge in [0.15, 0.2) is 0 Å². The Labute approximate surface area is 201 Å². The first-order chi connectivity index (χ1) is 16.3. The number of nitrogens with zero attached hydrogens (tertiary/aromatic N) is 3. The van der Waals surface area contributed by atoms with Gasteiger partial charge in [0.2, 0.25) is 10.0 Å². The zero-order valence-electron chi connectivity index (χ0n) is 19.7. The molecule has 3 heterocycles. The van der Waals surface area contributed by atoms with Crippen LogP contribution in [-0.2, 0) is 19.6 Å². The van der Waals surface area contributed by atoms with Gasteiger partial charge >= 0.3 is 0 Å². The average Bonchev–Trinajstić information content (AvgIpc) is 3.16. The van der Waals surface area contributed by atoms with E-state index >= 15 is 0 Å². The molecular formula is C26H31N3O4S. The van der Waals surface area contributed by atoms with E-state index in [2.05, 4.69) is 37.1 Å². The lowest BCUT2D eigenvalue weighted by atomic mass is 9.89. The Morgan fingerprint density at radius 1 is 1.06 bits per heavy atom. The number of rotatable bonds is 4. The van der Waals surface area contributed by atoms with Crippen LogP contribution in [0.2, 0.25) is 0 Å². The molecule has 34 heavy (non-hydrogen) atoms. The van der Waals surface area contributed by atoms with Gasteiger partial charge in [-0.2, -0.15) is 4.31 Å². The Morgan fingerprint density at radius 3 is 2.53 bits per heavy atom. The second-order valence-corrected chi connectivity index (χ2v) is 11.4. The minimum absolute atomic E-state index is 0.0350. The number of benzene rings is 2. The van der Waals surface area contributed by atoms with Crippen molar-refractivity contribution in [2.24, 2.45) is 0 Å². The number of carbonyl (C=O) groups excluding carboxylic acids is 1. The normalized spacial score (nSPS) is 23.8. The number of piperidine rings is 1. The minimum atomic E-state index is -3.53. The topological polar surface area (TPSA) is 70.2 Å². The first-order valence-corrected chi connectivity index (χ1v) is 13.3. The molecule has 5 rings (SSSR count). The number of sulfonamides is 1. The Kier molecular flexibility index (Phi) is 6.33. The van der Waals surface area contributed by atoms with Crippen molar-refractivity contribution < 1.29 is 17.9 Å². The number of aryl methyl sites for hydroxylation is 1. The molecule has 1 amide bonds. The summed E-state index contributed by atoms with van der Waals surface area (Å²) < 4.78 is 32.4. The Bertz CT molecular complexity index is 1200. The molecule has 2 saturated heterocycles. The third-order valence-corrected chi connectivity index (χ3v) is 9.01. The van der Waals surface area contributed by atoms with Gasteiger partial charge in [0.25, 0.3) is 5.91 Å². The molecule has 2 atom stereocenters. The van der Waals surface area contributed by atoms with Crippen LogP contribution >= 0.6 is 0 Å². The SMILES string of the molecule is Cc1ccc2c(c1)[C@H]1CN(C)CC[C@H]1N2C(=O)/C=C/c1ccc(S(=O)(=O)N2CCOCC2)cc1. The molecule has 2 aromatic rings. The first-order valence-electron chi connectivity index (χ1n) is 11.8. The van der Waals surface area contributed by atoms with Crippen molar-refractivity contribution in [3.8, 4) is 0 Å². The monoisotopic (exact) mass is 481 g/mol. The molecular weight excluding hydrogens is 450 g/mol. The summed E-state index contributed by atoms with van der Waals surface area (Å²) in [5.74, 6) is 0.294. The lowest BCUT2D eigenvalue weighted by Gasteiger charge is -2.36. The molecule has 180 valence electrons. The van der Waals surface area contributed by atoms with E-state index in [4.69, 9.17) is 4.74 Å². The van der Waals surface area contributed by atoms with Crippen LogP contribution in [0.3, 0.4) is 0 Å². The maximum atomic E-state index is 13.3. The van der Waals surface area contributed by atoms with Crippen molar-refractivity contribution in [3.05, 3.63) is 65.2 Å². The summed E-state index contributed by atoms with van der Waals surface area (Å²) in [6.45, 7) is 5.59. The summed E-state index contributed by atoms with van der Waals surface area (Å²) in [5, 5.41) is 0. The largest absolute Gasteiger partial charge is 0.379 e. The van der Waals surface area contributed by atoms with Crippen molar-refractivity contribution in [3.63, 3.8) is 0 Å². The molecule has 7 nitrogen and oxygen atoms in total. The lowest BCUT2D eigenvalue weighted by Crippen LogP contribution is -2.46. The Hall–Kier alpha value is -2.52. The van der Waals surface area contributed by atoms with E-state index in [1.807, 2.05) is 4.90 Å². The molecule has 0 aromatic heterocycles. The Balaban J connectivity index is 1.34. The highest BCUT2D eigenvalue weighted by Gasteiger charge is 2.43. The number of likely N-dealkylation sites (N-methyl/N-ethyl adjacent to an activating group) is 1. The maximum Gasteiger partial charge on any atom is 0.251 e. The van der Waals surface area contributed by atoms with E-state index in [1.165, 1.54) is 15.4 Å². The highest BCUT2D eigenvalue weighted by atomic mass is 32.2.